The Morgan fingerprint density at radius 1 is 1.04 bits per heavy atom. The van der Waals surface area contributed by atoms with Crippen LogP contribution in [-0.2, 0) is 16.1 Å². The minimum Gasteiger partial charge on any atom is -0.494 e. The average molecular weight is 368 g/mol. The molecule has 1 aliphatic heterocycles. The first-order valence-corrected chi connectivity index (χ1v) is 8.34. The molecule has 0 atom stereocenters. The fourth-order valence-electron chi connectivity index (χ4n) is 2.60. The topological polar surface area (TPSA) is 75.7 Å². The Hall–Kier alpha value is -3.48. The number of nitrogens with zero attached hydrogens (tertiary/aromatic N) is 1. The van der Waals surface area contributed by atoms with Gasteiger partial charge in [-0.05, 0) is 48.4 Å². The van der Waals surface area contributed by atoms with E-state index in [9.17, 15) is 18.8 Å². The molecular formula is C20H17FN2O4. The van der Waals surface area contributed by atoms with Crippen molar-refractivity contribution in [3.63, 3.8) is 0 Å². The second kappa shape index (κ2) is 7.82. The average Bonchev–Trinajstić information content (AvgIpc) is 2.65. The molecule has 2 aromatic rings. The second-order valence-electron chi connectivity index (χ2n) is 5.84. The molecule has 0 radical (unpaired) electrons. The van der Waals surface area contributed by atoms with E-state index < -0.39 is 23.7 Å². The zero-order valence-electron chi connectivity index (χ0n) is 14.6. The minimum absolute atomic E-state index is 0.0706. The Balaban J connectivity index is 1.84. The quantitative estimate of drug-likeness (QED) is 0.650. The van der Waals surface area contributed by atoms with Gasteiger partial charge in [-0.3, -0.25) is 19.8 Å². The molecule has 0 bridgehead atoms. The normalized spacial score (nSPS) is 15.9. The maximum absolute atomic E-state index is 13.0. The molecule has 0 saturated carbocycles. The molecule has 3 rings (SSSR count). The third kappa shape index (κ3) is 4.20. The molecule has 138 valence electrons. The summed E-state index contributed by atoms with van der Waals surface area (Å²) in [7, 11) is 0. The lowest BCUT2D eigenvalue weighted by molar-refractivity contribution is -0.130. The molecule has 1 N–H and O–H groups in total. The number of barbiturate groups is 1. The highest BCUT2D eigenvalue weighted by Gasteiger charge is 2.35. The molecule has 1 fully saturated rings. The Morgan fingerprint density at radius 2 is 1.70 bits per heavy atom. The zero-order chi connectivity index (χ0) is 19.4. The van der Waals surface area contributed by atoms with Crippen molar-refractivity contribution >= 4 is 23.9 Å². The smallest absolute Gasteiger partial charge is 0.331 e. The lowest BCUT2D eigenvalue weighted by atomic mass is 10.1. The molecule has 0 unspecified atom stereocenters. The van der Waals surface area contributed by atoms with E-state index in [1.807, 2.05) is 6.92 Å². The number of imide groups is 2. The zero-order valence-corrected chi connectivity index (χ0v) is 14.6. The van der Waals surface area contributed by atoms with Gasteiger partial charge in [-0.15, -0.1) is 0 Å². The van der Waals surface area contributed by atoms with Crippen LogP contribution >= 0.6 is 0 Å². The van der Waals surface area contributed by atoms with Crippen LogP contribution in [0.5, 0.6) is 5.75 Å². The van der Waals surface area contributed by atoms with Gasteiger partial charge in [-0.1, -0.05) is 24.3 Å². The maximum Gasteiger partial charge on any atom is 0.331 e. The molecule has 6 nitrogen and oxygen atoms in total. The number of amides is 4. The highest BCUT2D eigenvalue weighted by Crippen LogP contribution is 2.19. The van der Waals surface area contributed by atoms with Crippen molar-refractivity contribution in [2.75, 3.05) is 6.61 Å². The minimum atomic E-state index is -0.807. The van der Waals surface area contributed by atoms with Crippen LogP contribution in [0.4, 0.5) is 9.18 Å². The number of halogens is 1. The van der Waals surface area contributed by atoms with Gasteiger partial charge in [0.25, 0.3) is 11.8 Å². The van der Waals surface area contributed by atoms with Crippen LogP contribution in [0.25, 0.3) is 6.08 Å². The van der Waals surface area contributed by atoms with E-state index >= 15 is 0 Å². The number of hydrogen-bond donors (Lipinski definition) is 1. The van der Waals surface area contributed by atoms with Crippen LogP contribution in [0.1, 0.15) is 18.1 Å². The van der Waals surface area contributed by atoms with E-state index in [1.54, 1.807) is 24.3 Å². The van der Waals surface area contributed by atoms with Crippen LogP contribution in [0.3, 0.4) is 0 Å². The van der Waals surface area contributed by atoms with Crippen molar-refractivity contribution in [3.8, 4) is 5.75 Å². The standard InChI is InChI=1S/C20H17FN2O4/c1-2-27-16-9-5-13(6-10-16)11-17-18(24)22-20(26)23(19(17)25)12-14-3-7-15(21)8-4-14/h3-11H,2,12H2,1H3,(H,22,24,26)/b17-11+. The fourth-order valence-corrected chi connectivity index (χ4v) is 2.60. The number of benzene rings is 2. The van der Waals surface area contributed by atoms with E-state index in [0.29, 0.717) is 23.5 Å². The molecule has 7 heteroatoms. The Bertz CT molecular complexity index is 905. The first-order chi connectivity index (χ1) is 13.0. The monoisotopic (exact) mass is 368 g/mol. The predicted octanol–water partition coefficient (Wildman–Crippen LogP) is 2.89. The van der Waals surface area contributed by atoms with Crippen LogP contribution in [0, 0.1) is 5.82 Å². The number of hydrogen-bond acceptors (Lipinski definition) is 4. The molecule has 0 aromatic heterocycles. The van der Waals surface area contributed by atoms with Crippen molar-refractivity contribution < 1.29 is 23.5 Å². The number of nitrogens with one attached hydrogen (secondary N) is 1. The Kier molecular flexibility index (Phi) is 5.30. The molecule has 1 heterocycles. The van der Waals surface area contributed by atoms with Crippen LogP contribution in [0.2, 0.25) is 0 Å². The third-order valence-electron chi connectivity index (χ3n) is 3.94. The summed E-state index contributed by atoms with van der Waals surface area (Å²) in [5.74, 6) is -1.21. The summed E-state index contributed by atoms with van der Waals surface area (Å²) in [5.41, 5.74) is 1.03. The number of ether oxygens (including phenoxy) is 1. The molecule has 0 spiro atoms. The lowest BCUT2D eigenvalue weighted by Crippen LogP contribution is -2.53. The SMILES string of the molecule is CCOc1ccc(/C=C2\C(=O)NC(=O)N(Cc3ccc(F)cc3)C2=O)cc1. The van der Waals surface area contributed by atoms with Gasteiger partial charge in [0.2, 0.25) is 0 Å². The van der Waals surface area contributed by atoms with E-state index in [-0.39, 0.29) is 12.1 Å². The fraction of sp³-hybridized carbons (Fsp3) is 0.150. The van der Waals surface area contributed by atoms with Crippen LogP contribution in [-0.4, -0.2) is 29.4 Å². The molecule has 2 aromatic carbocycles. The summed E-state index contributed by atoms with van der Waals surface area (Å²) < 4.78 is 18.4. The van der Waals surface area contributed by atoms with Crippen molar-refractivity contribution in [2.24, 2.45) is 0 Å². The number of carbonyl (C=O) groups excluding carboxylic acids is 3. The van der Waals surface area contributed by atoms with E-state index in [2.05, 4.69) is 5.32 Å². The van der Waals surface area contributed by atoms with Crippen LogP contribution < -0.4 is 10.1 Å². The highest BCUT2D eigenvalue weighted by molar-refractivity contribution is 6.30. The molecule has 0 aliphatic carbocycles. The molecule has 1 saturated heterocycles. The molecule has 1 aliphatic rings. The molecule has 27 heavy (non-hydrogen) atoms. The summed E-state index contributed by atoms with van der Waals surface area (Å²) in [5, 5.41) is 2.15. The van der Waals surface area contributed by atoms with E-state index in [1.165, 1.54) is 30.3 Å². The van der Waals surface area contributed by atoms with Gasteiger partial charge in [-0.25, -0.2) is 9.18 Å². The Morgan fingerprint density at radius 3 is 2.33 bits per heavy atom. The summed E-state index contributed by atoms with van der Waals surface area (Å²) in [4.78, 5) is 37.7. The van der Waals surface area contributed by atoms with Crippen molar-refractivity contribution in [3.05, 3.63) is 71.0 Å². The highest BCUT2D eigenvalue weighted by atomic mass is 19.1. The van der Waals surface area contributed by atoms with Gasteiger partial charge >= 0.3 is 6.03 Å². The molecular weight excluding hydrogens is 351 g/mol. The number of urea groups is 1. The van der Waals surface area contributed by atoms with Crippen molar-refractivity contribution in [1.29, 1.82) is 0 Å². The predicted molar refractivity (Wildman–Crippen MR) is 96.1 cm³/mol. The van der Waals surface area contributed by atoms with E-state index in [0.717, 1.165) is 4.90 Å². The summed E-state index contributed by atoms with van der Waals surface area (Å²) in [6.45, 7) is 2.33. The van der Waals surface area contributed by atoms with Gasteiger partial charge in [0.1, 0.15) is 17.1 Å². The van der Waals surface area contributed by atoms with Gasteiger partial charge in [0.15, 0.2) is 0 Å². The summed E-state index contributed by atoms with van der Waals surface area (Å²) in [6.07, 6.45) is 1.41. The van der Waals surface area contributed by atoms with Gasteiger partial charge in [0, 0.05) is 0 Å². The number of rotatable bonds is 5. The molecule has 4 amide bonds. The van der Waals surface area contributed by atoms with Gasteiger partial charge in [0.05, 0.1) is 13.2 Å². The first-order valence-electron chi connectivity index (χ1n) is 8.34. The van der Waals surface area contributed by atoms with Gasteiger partial charge in [-0.2, -0.15) is 0 Å². The summed E-state index contributed by atoms with van der Waals surface area (Å²) in [6, 6.07) is 11.5. The lowest BCUT2D eigenvalue weighted by Gasteiger charge is -2.26. The Labute approximate surface area is 155 Å². The first kappa shape index (κ1) is 18.3. The van der Waals surface area contributed by atoms with Crippen molar-refractivity contribution in [1.82, 2.24) is 10.2 Å². The maximum atomic E-state index is 13.0. The number of carbonyl (C=O) groups is 3. The third-order valence-corrected chi connectivity index (χ3v) is 3.94. The largest absolute Gasteiger partial charge is 0.494 e. The van der Waals surface area contributed by atoms with Gasteiger partial charge < -0.3 is 4.74 Å². The summed E-state index contributed by atoms with van der Waals surface area (Å²) >= 11 is 0. The second-order valence-corrected chi connectivity index (χ2v) is 5.84. The van der Waals surface area contributed by atoms with E-state index in [4.69, 9.17) is 4.74 Å². The van der Waals surface area contributed by atoms with Crippen molar-refractivity contribution in [2.45, 2.75) is 13.5 Å². The van der Waals surface area contributed by atoms with Crippen LogP contribution in [0.15, 0.2) is 54.1 Å².